The molecule has 1 aliphatic rings. The molecule has 0 spiro atoms. The number of benzene rings is 3. The average Bonchev–Trinajstić information content (AvgIpc) is 2.99. The first-order chi connectivity index (χ1) is 14.0. The average molecular weight is 385 g/mol. The summed E-state index contributed by atoms with van der Waals surface area (Å²) in [5.74, 6) is -1.08. The van der Waals surface area contributed by atoms with E-state index in [9.17, 15) is 14.4 Å². The van der Waals surface area contributed by atoms with Crippen LogP contribution in [0.25, 0.3) is 11.1 Å². The Balaban J connectivity index is 1.51. The van der Waals surface area contributed by atoms with E-state index < -0.39 is 23.4 Å². The van der Waals surface area contributed by atoms with Gasteiger partial charge in [-0.2, -0.15) is 5.01 Å². The number of hydrazine groups is 1. The molecule has 4 amide bonds. The molecule has 0 saturated carbocycles. The molecule has 1 aliphatic heterocycles. The summed E-state index contributed by atoms with van der Waals surface area (Å²) in [6.07, 6.45) is 0. The van der Waals surface area contributed by atoms with Gasteiger partial charge in [-0.25, -0.2) is 4.79 Å². The molecule has 0 unspecified atom stereocenters. The summed E-state index contributed by atoms with van der Waals surface area (Å²) in [5.41, 5.74) is 4.17. The van der Waals surface area contributed by atoms with Crippen molar-refractivity contribution in [2.24, 2.45) is 0 Å². The Hall–Kier alpha value is -3.93. The van der Waals surface area contributed by atoms with Crippen LogP contribution in [-0.4, -0.2) is 22.9 Å². The molecule has 1 fully saturated rings. The van der Waals surface area contributed by atoms with Gasteiger partial charge in [-0.1, -0.05) is 72.8 Å². The minimum Gasteiger partial charge on any atom is -0.318 e. The Morgan fingerprint density at radius 2 is 1.38 bits per heavy atom. The van der Waals surface area contributed by atoms with Crippen LogP contribution in [0.4, 0.5) is 4.79 Å². The van der Waals surface area contributed by atoms with Gasteiger partial charge in [0, 0.05) is 5.56 Å². The van der Waals surface area contributed by atoms with Crippen molar-refractivity contribution in [3.63, 3.8) is 0 Å². The number of rotatable bonds is 4. The zero-order valence-corrected chi connectivity index (χ0v) is 15.8. The molecule has 1 heterocycles. The fourth-order valence-corrected chi connectivity index (χ4v) is 3.32. The van der Waals surface area contributed by atoms with E-state index in [1.165, 1.54) is 0 Å². The van der Waals surface area contributed by atoms with Crippen LogP contribution in [0.2, 0.25) is 0 Å². The molecule has 0 aliphatic carbocycles. The third-order valence-electron chi connectivity index (χ3n) is 5.01. The lowest BCUT2D eigenvalue weighted by Gasteiger charge is -2.22. The first-order valence-corrected chi connectivity index (χ1v) is 9.18. The van der Waals surface area contributed by atoms with Crippen LogP contribution in [0.1, 0.15) is 22.8 Å². The number of carbonyl (C=O) groups is 3. The van der Waals surface area contributed by atoms with Crippen molar-refractivity contribution in [1.82, 2.24) is 15.8 Å². The first-order valence-electron chi connectivity index (χ1n) is 9.18. The van der Waals surface area contributed by atoms with E-state index in [0.717, 1.165) is 16.1 Å². The fourth-order valence-electron chi connectivity index (χ4n) is 3.32. The van der Waals surface area contributed by atoms with Crippen molar-refractivity contribution in [2.75, 3.05) is 0 Å². The number of imide groups is 1. The minimum atomic E-state index is -1.23. The molecule has 4 rings (SSSR count). The summed E-state index contributed by atoms with van der Waals surface area (Å²) < 4.78 is 0. The second kappa shape index (κ2) is 7.24. The first kappa shape index (κ1) is 18.4. The quantitative estimate of drug-likeness (QED) is 0.675. The lowest BCUT2D eigenvalue weighted by molar-refractivity contribution is -0.132. The molecule has 0 radical (unpaired) electrons. The molecule has 3 aromatic rings. The minimum absolute atomic E-state index is 0.346. The Morgan fingerprint density at radius 3 is 2.00 bits per heavy atom. The van der Waals surface area contributed by atoms with Crippen LogP contribution in [0.5, 0.6) is 0 Å². The summed E-state index contributed by atoms with van der Waals surface area (Å²) in [6.45, 7) is 1.61. The van der Waals surface area contributed by atoms with Crippen LogP contribution in [-0.2, 0) is 10.3 Å². The number of amides is 4. The number of carbonyl (C=O) groups excluding carboxylic acids is 3. The largest absolute Gasteiger partial charge is 0.344 e. The van der Waals surface area contributed by atoms with E-state index in [1.54, 1.807) is 43.3 Å². The third-order valence-corrected chi connectivity index (χ3v) is 5.01. The van der Waals surface area contributed by atoms with Crippen molar-refractivity contribution in [2.45, 2.75) is 12.5 Å². The predicted octanol–water partition coefficient (Wildman–Crippen LogP) is 3.47. The van der Waals surface area contributed by atoms with E-state index in [1.807, 2.05) is 48.5 Å². The zero-order chi connectivity index (χ0) is 20.4. The Morgan fingerprint density at radius 1 is 0.828 bits per heavy atom. The molecule has 6 nitrogen and oxygen atoms in total. The summed E-state index contributed by atoms with van der Waals surface area (Å²) in [5, 5.41) is 3.39. The maximum atomic E-state index is 12.9. The topological polar surface area (TPSA) is 78.5 Å². The Kier molecular flexibility index (Phi) is 4.60. The van der Waals surface area contributed by atoms with Gasteiger partial charge in [-0.15, -0.1) is 0 Å². The highest BCUT2D eigenvalue weighted by Crippen LogP contribution is 2.27. The van der Waals surface area contributed by atoms with Crippen molar-refractivity contribution >= 4 is 17.8 Å². The van der Waals surface area contributed by atoms with Gasteiger partial charge in [-0.05, 0) is 35.7 Å². The number of hydrogen-bond donors (Lipinski definition) is 2. The van der Waals surface area contributed by atoms with Gasteiger partial charge in [0.15, 0.2) is 0 Å². The Labute approximate surface area is 168 Å². The molecule has 29 heavy (non-hydrogen) atoms. The summed E-state index contributed by atoms with van der Waals surface area (Å²) in [4.78, 5) is 37.8. The highest BCUT2D eigenvalue weighted by atomic mass is 16.2. The van der Waals surface area contributed by atoms with Gasteiger partial charge in [-0.3, -0.25) is 15.0 Å². The molecule has 6 heteroatoms. The number of urea groups is 1. The molecule has 0 bridgehead atoms. The summed E-state index contributed by atoms with van der Waals surface area (Å²) in [7, 11) is 0. The van der Waals surface area contributed by atoms with E-state index in [4.69, 9.17) is 0 Å². The standard InChI is InChI=1S/C23H19N3O3/c1-23(19-10-6-3-7-11-19)21(28)26(22(29)24-23)25-20(27)18-14-12-17(13-15-18)16-8-4-2-5-9-16/h2-15H,1H3,(H,24,29)(H,25,27)/t23-/m0/s1. The second-order valence-electron chi connectivity index (χ2n) is 6.95. The lowest BCUT2D eigenvalue weighted by Crippen LogP contribution is -2.47. The molecule has 144 valence electrons. The van der Waals surface area contributed by atoms with Crippen molar-refractivity contribution < 1.29 is 14.4 Å². The van der Waals surface area contributed by atoms with Crippen LogP contribution in [0.3, 0.4) is 0 Å². The molecular weight excluding hydrogens is 366 g/mol. The smallest absolute Gasteiger partial charge is 0.318 e. The second-order valence-corrected chi connectivity index (χ2v) is 6.95. The maximum absolute atomic E-state index is 12.9. The lowest BCUT2D eigenvalue weighted by atomic mass is 9.92. The number of hydrogen-bond acceptors (Lipinski definition) is 3. The van der Waals surface area contributed by atoms with E-state index in [-0.39, 0.29) is 0 Å². The van der Waals surface area contributed by atoms with Gasteiger partial charge >= 0.3 is 6.03 Å². The SMILES string of the molecule is C[C@@]1(c2ccccc2)NC(=O)N(NC(=O)c2ccc(-c3ccccc3)cc2)C1=O. The fraction of sp³-hybridized carbons (Fsp3) is 0.0870. The number of nitrogens with one attached hydrogen (secondary N) is 2. The van der Waals surface area contributed by atoms with Crippen molar-refractivity contribution in [1.29, 1.82) is 0 Å². The predicted molar refractivity (Wildman–Crippen MR) is 109 cm³/mol. The van der Waals surface area contributed by atoms with Gasteiger partial charge in [0.2, 0.25) is 0 Å². The molecule has 1 atom stereocenters. The third kappa shape index (κ3) is 3.36. The summed E-state index contributed by atoms with van der Waals surface area (Å²) >= 11 is 0. The molecule has 3 aromatic carbocycles. The van der Waals surface area contributed by atoms with Crippen LogP contribution in [0.15, 0.2) is 84.9 Å². The highest BCUT2D eigenvalue weighted by molar-refractivity contribution is 6.09. The van der Waals surface area contributed by atoms with E-state index in [2.05, 4.69) is 10.7 Å². The molecule has 2 N–H and O–H groups in total. The van der Waals surface area contributed by atoms with E-state index >= 15 is 0 Å². The van der Waals surface area contributed by atoms with Crippen molar-refractivity contribution in [3.8, 4) is 11.1 Å². The van der Waals surface area contributed by atoms with Crippen LogP contribution >= 0.6 is 0 Å². The highest BCUT2D eigenvalue weighted by Gasteiger charge is 2.50. The number of nitrogens with zero attached hydrogens (tertiary/aromatic N) is 1. The van der Waals surface area contributed by atoms with Crippen LogP contribution < -0.4 is 10.7 Å². The maximum Gasteiger partial charge on any atom is 0.344 e. The summed E-state index contributed by atoms with van der Waals surface area (Å²) in [6, 6.07) is 25.0. The van der Waals surface area contributed by atoms with Gasteiger partial charge in [0.25, 0.3) is 11.8 Å². The van der Waals surface area contributed by atoms with Gasteiger partial charge in [0.1, 0.15) is 5.54 Å². The monoisotopic (exact) mass is 385 g/mol. The zero-order valence-electron chi connectivity index (χ0n) is 15.8. The van der Waals surface area contributed by atoms with Gasteiger partial charge < -0.3 is 5.32 Å². The molecule has 1 saturated heterocycles. The van der Waals surface area contributed by atoms with Crippen molar-refractivity contribution in [3.05, 3.63) is 96.1 Å². The normalized spacial score (nSPS) is 18.4. The molecular formula is C23H19N3O3. The molecule has 0 aromatic heterocycles. The Bertz CT molecular complexity index is 1070. The van der Waals surface area contributed by atoms with E-state index in [0.29, 0.717) is 11.1 Å². The van der Waals surface area contributed by atoms with Gasteiger partial charge in [0.05, 0.1) is 0 Å². The van der Waals surface area contributed by atoms with Crippen LogP contribution in [0, 0.1) is 0 Å².